The molecule has 0 radical (unpaired) electrons. The molecule has 0 unspecified atom stereocenters. The van der Waals surface area contributed by atoms with Crippen molar-refractivity contribution in [3.05, 3.63) is 62.5 Å². The topological polar surface area (TPSA) is 89.3 Å². The van der Waals surface area contributed by atoms with E-state index in [1.165, 1.54) is 18.2 Å². The monoisotopic (exact) mass is 460 g/mol. The smallest absolute Gasteiger partial charge is 0.251 e. The number of carbonyl (C=O) groups excluding carboxylic acids is 1. The van der Waals surface area contributed by atoms with Crippen molar-refractivity contribution in [2.45, 2.75) is 17.9 Å². The number of rotatable bonds is 4. The van der Waals surface area contributed by atoms with Crippen molar-refractivity contribution in [2.75, 3.05) is 0 Å². The third kappa shape index (κ3) is 4.41. The Kier molecular flexibility index (Phi) is 5.61. The van der Waals surface area contributed by atoms with Crippen LogP contribution in [-0.2, 0) is 10.0 Å². The zero-order chi connectivity index (χ0) is 17.2. The Bertz CT molecular complexity index is 854. The Hall–Kier alpha value is -1.22. The van der Waals surface area contributed by atoms with Crippen LogP contribution in [0.2, 0.25) is 0 Å². The van der Waals surface area contributed by atoms with Crippen LogP contribution >= 0.6 is 31.9 Å². The molecule has 0 spiro atoms. The number of hydrogen-bond acceptors (Lipinski definition) is 3. The first kappa shape index (κ1) is 18.1. The summed E-state index contributed by atoms with van der Waals surface area (Å²) in [5.41, 5.74) is 1.14. The number of halogens is 2. The Labute approximate surface area is 151 Å². The standard InChI is InChI=1S/C15H14Br2N2O3S/c1-9(11-4-2-3-5-12(11)16)19-15(20)10-6-7-13(17)14(8-10)23(18,21)22/h2-9H,1H3,(H,19,20)(H2,18,21,22)/t9-/m1/s1. The molecule has 3 N–H and O–H groups in total. The second-order valence-corrected chi connectivity index (χ2v) is 8.15. The van der Waals surface area contributed by atoms with E-state index in [0.717, 1.165) is 10.0 Å². The van der Waals surface area contributed by atoms with Crippen LogP contribution in [0.15, 0.2) is 56.3 Å². The molecule has 2 aromatic carbocycles. The van der Waals surface area contributed by atoms with Gasteiger partial charge in [0.2, 0.25) is 10.0 Å². The van der Waals surface area contributed by atoms with E-state index in [-0.39, 0.29) is 22.4 Å². The van der Waals surface area contributed by atoms with Gasteiger partial charge in [-0.25, -0.2) is 13.6 Å². The van der Waals surface area contributed by atoms with Crippen molar-refractivity contribution < 1.29 is 13.2 Å². The maximum absolute atomic E-state index is 12.4. The number of carbonyl (C=O) groups is 1. The Balaban J connectivity index is 2.27. The van der Waals surface area contributed by atoms with Gasteiger partial charge >= 0.3 is 0 Å². The summed E-state index contributed by atoms with van der Waals surface area (Å²) < 4.78 is 24.3. The lowest BCUT2D eigenvalue weighted by molar-refractivity contribution is 0.0939. The minimum absolute atomic E-state index is 0.126. The van der Waals surface area contributed by atoms with Crippen LogP contribution in [-0.4, -0.2) is 14.3 Å². The van der Waals surface area contributed by atoms with Gasteiger partial charge in [0.05, 0.1) is 10.9 Å². The van der Waals surface area contributed by atoms with Crippen LogP contribution in [0.1, 0.15) is 28.9 Å². The van der Waals surface area contributed by atoms with Gasteiger partial charge in [-0.15, -0.1) is 0 Å². The quantitative estimate of drug-likeness (QED) is 0.731. The van der Waals surface area contributed by atoms with E-state index < -0.39 is 10.0 Å². The van der Waals surface area contributed by atoms with E-state index in [0.29, 0.717) is 4.47 Å². The van der Waals surface area contributed by atoms with Gasteiger partial charge in [-0.3, -0.25) is 4.79 Å². The number of sulfonamides is 1. The van der Waals surface area contributed by atoms with Gasteiger partial charge in [-0.2, -0.15) is 0 Å². The molecule has 1 atom stereocenters. The van der Waals surface area contributed by atoms with Crippen molar-refractivity contribution in [2.24, 2.45) is 5.14 Å². The normalized spacial score (nSPS) is 12.7. The maximum atomic E-state index is 12.4. The van der Waals surface area contributed by atoms with Gasteiger partial charge in [-0.05, 0) is 52.7 Å². The Morgan fingerprint density at radius 2 is 1.78 bits per heavy atom. The Morgan fingerprint density at radius 3 is 2.39 bits per heavy atom. The second-order valence-electron chi connectivity index (χ2n) is 4.91. The molecule has 2 rings (SSSR count). The zero-order valence-corrected chi connectivity index (χ0v) is 16.1. The Morgan fingerprint density at radius 1 is 1.13 bits per heavy atom. The van der Waals surface area contributed by atoms with Gasteiger partial charge in [0, 0.05) is 14.5 Å². The van der Waals surface area contributed by atoms with Gasteiger partial charge in [0.15, 0.2) is 0 Å². The SMILES string of the molecule is C[C@@H](NC(=O)c1ccc(Br)c(S(N)(=O)=O)c1)c1ccccc1Br. The van der Waals surface area contributed by atoms with E-state index in [9.17, 15) is 13.2 Å². The number of primary sulfonamides is 1. The van der Waals surface area contributed by atoms with Crippen LogP contribution in [0, 0.1) is 0 Å². The summed E-state index contributed by atoms with van der Waals surface area (Å²) in [6.45, 7) is 1.84. The maximum Gasteiger partial charge on any atom is 0.251 e. The summed E-state index contributed by atoms with van der Waals surface area (Å²) in [5, 5.41) is 7.97. The first-order valence-corrected chi connectivity index (χ1v) is 9.71. The average Bonchev–Trinajstić information content (AvgIpc) is 2.46. The lowest BCUT2D eigenvalue weighted by Crippen LogP contribution is -2.27. The first-order chi connectivity index (χ1) is 10.7. The van der Waals surface area contributed by atoms with Crippen molar-refractivity contribution >= 4 is 47.8 Å². The van der Waals surface area contributed by atoms with E-state index in [4.69, 9.17) is 5.14 Å². The number of hydrogen-bond donors (Lipinski definition) is 2. The lowest BCUT2D eigenvalue weighted by Gasteiger charge is -2.16. The molecule has 8 heteroatoms. The molecular formula is C15H14Br2N2O3S. The molecule has 0 saturated heterocycles. The predicted molar refractivity (Wildman–Crippen MR) is 95.5 cm³/mol. The first-order valence-electron chi connectivity index (χ1n) is 6.58. The zero-order valence-electron chi connectivity index (χ0n) is 12.1. The largest absolute Gasteiger partial charge is 0.345 e. The summed E-state index contributed by atoms with van der Waals surface area (Å²) in [7, 11) is -3.91. The minimum Gasteiger partial charge on any atom is -0.345 e. The van der Waals surface area contributed by atoms with Crippen LogP contribution in [0.25, 0.3) is 0 Å². The lowest BCUT2D eigenvalue weighted by atomic mass is 10.1. The number of benzene rings is 2. The molecule has 2 aromatic rings. The molecule has 122 valence electrons. The average molecular weight is 462 g/mol. The van der Waals surface area contributed by atoms with Gasteiger partial charge in [0.25, 0.3) is 5.91 Å². The van der Waals surface area contributed by atoms with Crippen molar-refractivity contribution in [1.82, 2.24) is 5.32 Å². The molecule has 0 aromatic heterocycles. The highest BCUT2D eigenvalue weighted by molar-refractivity contribution is 9.10. The van der Waals surface area contributed by atoms with Crippen LogP contribution in [0.4, 0.5) is 0 Å². The summed E-state index contributed by atoms with van der Waals surface area (Å²) >= 11 is 6.55. The van der Waals surface area contributed by atoms with Gasteiger partial charge < -0.3 is 5.32 Å². The fraction of sp³-hybridized carbons (Fsp3) is 0.133. The van der Waals surface area contributed by atoms with Gasteiger partial charge in [0.1, 0.15) is 0 Å². The van der Waals surface area contributed by atoms with Crippen LogP contribution < -0.4 is 10.5 Å². The molecule has 0 fully saturated rings. The molecule has 23 heavy (non-hydrogen) atoms. The summed E-state index contributed by atoms with van der Waals surface area (Å²) in [6, 6.07) is 11.6. The molecule has 0 aliphatic rings. The molecule has 1 amide bonds. The number of nitrogens with one attached hydrogen (secondary N) is 1. The minimum atomic E-state index is -3.91. The fourth-order valence-corrected chi connectivity index (χ4v) is 4.23. The molecule has 5 nitrogen and oxygen atoms in total. The highest BCUT2D eigenvalue weighted by Gasteiger charge is 2.18. The van der Waals surface area contributed by atoms with E-state index in [1.54, 1.807) is 0 Å². The molecular weight excluding hydrogens is 448 g/mol. The van der Waals surface area contributed by atoms with Crippen molar-refractivity contribution in [3.8, 4) is 0 Å². The second kappa shape index (κ2) is 7.12. The number of amides is 1. The van der Waals surface area contributed by atoms with E-state index in [2.05, 4.69) is 37.2 Å². The third-order valence-electron chi connectivity index (χ3n) is 3.22. The molecule has 0 aliphatic carbocycles. The molecule has 0 saturated carbocycles. The van der Waals surface area contributed by atoms with Crippen molar-refractivity contribution in [3.63, 3.8) is 0 Å². The molecule has 0 aliphatic heterocycles. The predicted octanol–water partition coefficient (Wildman–Crippen LogP) is 3.35. The summed E-state index contributed by atoms with van der Waals surface area (Å²) in [5.74, 6) is -0.384. The number of nitrogens with two attached hydrogens (primary N) is 1. The van der Waals surface area contributed by atoms with Crippen LogP contribution in [0.5, 0.6) is 0 Å². The van der Waals surface area contributed by atoms with E-state index >= 15 is 0 Å². The third-order valence-corrected chi connectivity index (χ3v) is 5.85. The van der Waals surface area contributed by atoms with Crippen molar-refractivity contribution in [1.29, 1.82) is 0 Å². The molecule has 0 bridgehead atoms. The molecule has 0 heterocycles. The van der Waals surface area contributed by atoms with E-state index in [1.807, 2.05) is 31.2 Å². The highest BCUT2D eigenvalue weighted by atomic mass is 79.9. The van der Waals surface area contributed by atoms with Crippen LogP contribution in [0.3, 0.4) is 0 Å². The summed E-state index contributed by atoms with van der Waals surface area (Å²) in [6.07, 6.45) is 0. The highest BCUT2D eigenvalue weighted by Crippen LogP contribution is 2.25. The fourth-order valence-electron chi connectivity index (χ4n) is 2.05. The summed E-state index contributed by atoms with van der Waals surface area (Å²) in [4.78, 5) is 12.2. The van der Waals surface area contributed by atoms with Gasteiger partial charge in [-0.1, -0.05) is 34.1 Å².